The van der Waals surface area contributed by atoms with E-state index in [9.17, 15) is 9.59 Å². The first-order valence-electron chi connectivity index (χ1n) is 6.80. The second-order valence-electron chi connectivity index (χ2n) is 5.47. The first-order valence-corrected chi connectivity index (χ1v) is 6.80. The molecule has 2 amide bonds. The molecule has 0 heterocycles. The Morgan fingerprint density at radius 1 is 1.35 bits per heavy atom. The van der Waals surface area contributed by atoms with Gasteiger partial charge in [0.1, 0.15) is 6.54 Å². The number of rotatable bonds is 5. The SMILES string of the molecule is Cc1ccc(C)c(NC(=O)N(CC(=O)O)CC2CC2)c1. The van der Waals surface area contributed by atoms with Gasteiger partial charge in [-0.2, -0.15) is 0 Å². The number of aliphatic carboxylic acids is 1. The number of hydrogen-bond donors (Lipinski definition) is 2. The van der Waals surface area contributed by atoms with Crippen LogP contribution in [0.5, 0.6) is 0 Å². The van der Waals surface area contributed by atoms with E-state index in [1.807, 2.05) is 32.0 Å². The number of carbonyl (C=O) groups excluding carboxylic acids is 1. The summed E-state index contributed by atoms with van der Waals surface area (Å²) in [7, 11) is 0. The van der Waals surface area contributed by atoms with Crippen LogP contribution < -0.4 is 5.32 Å². The van der Waals surface area contributed by atoms with Crippen LogP contribution in [-0.4, -0.2) is 35.1 Å². The molecule has 1 aliphatic rings. The van der Waals surface area contributed by atoms with E-state index in [1.165, 1.54) is 4.90 Å². The Hall–Kier alpha value is -2.04. The Morgan fingerprint density at radius 3 is 2.65 bits per heavy atom. The summed E-state index contributed by atoms with van der Waals surface area (Å²) in [6, 6.07) is 5.47. The second kappa shape index (κ2) is 5.94. The van der Waals surface area contributed by atoms with Gasteiger partial charge in [0.25, 0.3) is 0 Å². The van der Waals surface area contributed by atoms with Crippen molar-refractivity contribution in [3.63, 3.8) is 0 Å². The maximum atomic E-state index is 12.2. The number of urea groups is 1. The van der Waals surface area contributed by atoms with Crippen LogP contribution in [0.3, 0.4) is 0 Å². The highest BCUT2D eigenvalue weighted by molar-refractivity contribution is 5.92. The molecule has 1 aromatic carbocycles. The monoisotopic (exact) mass is 276 g/mol. The van der Waals surface area contributed by atoms with E-state index in [0.717, 1.165) is 29.7 Å². The number of anilines is 1. The molecule has 1 fully saturated rings. The maximum Gasteiger partial charge on any atom is 0.323 e. The van der Waals surface area contributed by atoms with Gasteiger partial charge in [0.2, 0.25) is 0 Å². The number of nitrogens with zero attached hydrogens (tertiary/aromatic N) is 1. The average molecular weight is 276 g/mol. The van der Waals surface area contributed by atoms with Crippen LogP contribution in [0.25, 0.3) is 0 Å². The third-order valence-electron chi connectivity index (χ3n) is 3.42. The summed E-state index contributed by atoms with van der Waals surface area (Å²) in [6.07, 6.45) is 2.15. The van der Waals surface area contributed by atoms with Crippen LogP contribution in [0.2, 0.25) is 0 Å². The highest BCUT2D eigenvalue weighted by atomic mass is 16.4. The molecule has 20 heavy (non-hydrogen) atoms. The quantitative estimate of drug-likeness (QED) is 0.868. The summed E-state index contributed by atoms with van der Waals surface area (Å²) < 4.78 is 0. The lowest BCUT2D eigenvalue weighted by atomic mass is 10.1. The lowest BCUT2D eigenvalue weighted by molar-refractivity contribution is -0.137. The summed E-state index contributed by atoms with van der Waals surface area (Å²) >= 11 is 0. The first-order chi connectivity index (χ1) is 9.45. The van der Waals surface area contributed by atoms with Crippen molar-refractivity contribution in [2.75, 3.05) is 18.4 Å². The number of carboxylic acids is 1. The highest BCUT2D eigenvalue weighted by Gasteiger charge is 2.28. The molecule has 0 saturated heterocycles. The van der Waals surface area contributed by atoms with Crippen LogP contribution >= 0.6 is 0 Å². The highest BCUT2D eigenvalue weighted by Crippen LogP contribution is 2.30. The molecule has 0 atom stereocenters. The molecule has 2 N–H and O–H groups in total. The molecule has 5 heteroatoms. The summed E-state index contributed by atoms with van der Waals surface area (Å²) in [6.45, 7) is 4.13. The van der Waals surface area contributed by atoms with E-state index in [4.69, 9.17) is 5.11 Å². The number of aryl methyl sites for hydroxylation is 2. The van der Waals surface area contributed by atoms with Gasteiger partial charge in [-0.1, -0.05) is 12.1 Å². The molecule has 2 rings (SSSR count). The minimum atomic E-state index is -0.984. The van der Waals surface area contributed by atoms with E-state index < -0.39 is 5.97 Å². The predicted octanol–water partition coefficient (Wildman–Crippen LogP) is 2.63. The van der Waals surface area contributed by atoms with Crippen molar-refractivity contribution in [2.45, 2.75) is 26.7 Å². The fraction of sp³-hybridized carbons (Fsp3) is 0.467. The zero-order valence-electron chi connectivity index (χ0n) is 11.8. The molecule has 1 aliphatic carbocycles. The lowest BCUT2D eigenvalue weighted by Crippen LogP contribution is -2.40. The lowest BCUT2D eigenvalue weighted by Gasteiger charge is -2.21. The second-order valence-corrected chi connectivity index (χ2v) is 5.47. The first kappa shape index (κ1) is 14.4. The van der Waals surface area contributed by atoms with Crippen LogP contribution in [-0.2, 0) is 4.79 Å². The molecule has 0 aliphatic heterocycles. The molecular weight excluding hydrogens is 256 g/mol. The van der Waals surface area contributed by atoms with Crippen LogP contribution in [0.1, 0.15) is 24.0 Å². The molecular formula is C15H20N2O3. The minimum absolute atomic E-state index is 0.257. The zero-order chi connectivity index (χ0) is 14.7. The number of hydrogen-bond acceptors (Lipinski definition) is 2. The summed E-state index contributed by atoms with van der Waals surface area (Å²) in [5.74, 6) is -0.527. The van der Waals surface area contributed by atoms with Gasteiger partial charge in [0.15, 0.2) is 0 Å². The number of carbonyl (C=O) groups is 2. The van der Waals surface area contributed by atoms with Crippen molar-refractivity contribution in [2.24, 2.45) is 5.92 Å². The van der Waals surface area contributed by atoms with Crippen molar-refractivity contribution >= 4 is 17.7 Å². The fourth-order valence-corrected chi connectivity index (χ4v) is 2.06. The molecule has 108 valence electrons. The molecule has 0 radical (unpaired) electrons. The van der Waals surface area contributed by atoms with Gasteiger partial charge in [0, 0.05) is 12.2 Å². The standard InChI is InChI=1S/C15H20N2O3/c1-10-3-4-11(2)13(7-10)16-15(20)17(9-14(18)19)8-12-5-6-12/h3-4,7,12H,5-6,8-9H2,1-2H3,(H,16,20)(H,18,19). The number of benzene rings is 1. The van der Waals surface area contributed by atoms with Gasteiger partial charge in [-0.3, -0.25) is 4.79 Å². The van der Waals surface area contributed by atoms with Crippen LogP contribution in [0.4, 0.5) is 10.5 Å². The Labute approximate surface area is 118 Å². The van der Waals surface area contributed by atoms with Gasteiger partial charge in [-0.25, -0.2) is 4.79 Å². The number of carboxylic acid groups (broad SMARTS) is 1. The maximum absolute atomic E-state index is 12.2. The van der Waals surface area contributed by atoms with E-state index in [0.29, 0.717) is 12.5 Å². The Kier molecular flexibility index (Phi) is 4.27. The van der Waals surface area contributed by atoms with Gasteiger partial charge >= 0.3 is 12.0 Å². The minimum Gasteiger partial charge on any atom is -0.480 e. The van der Waals surface area contributed by atoms with Gasteiger partial charge in [-0.15, -0.1) is 0 Å². The Bertz CT molecular complexity index is 524. The molecule has 1 saturated carbocycles. The van der Waals surface area contributed by atoms with E-state index >= 15 is 0 Å². The predicted molar refractivity (Wildman–Crippen MR) is 76.9 cm³/mol. The van der Waals surface area contributed by atoms with Crippen LogP contribution in [0, 0.1) is 19.8 Å². The molecule has 0 unspecified atom stereocenters. The van der Waals surface area contributed by atoms with Crippen molar-refractivity contribution in [3.8, 4) is 0 Å². The van der Waals surface area contributed by atoms with E-state index in [2.05, 4.69) is 5.32 Å². The molecule has 0 spiro atoms. The summed E-state index contributed by atoms with van der Waals surface area (Å²) in [5, 5.41) is 11.7. The normalized spacial score (nSPS) is 13.9. The fourth-order valence-electron chi connectivity index (χ4n) is 2.06. The molecule has 0 bridgehead atoms. The van der Waals surface area contributed by atoms with Gasteiger partial charge < -0.3 is 15.3 Å². The number of amides is 2. The van der Waals surface area contributed by atoms with Crippen LogP contribution in [0.15, 0.2) is 18.2 Å². The summed E-state index contributed by atoms with van der Waals surface area (Å²) in [5.41, 5.74) is 2.75. The summed E-state index contributed by atoms with van der Waals surface area (Å²) in [4.78, 5) is 24.5. The van der Waals surface area contributed by atoms with Crippen molar-refractivity contribution in [1.82, 2.24) is 4.90 Å². The average Bonchev–Trinajstić information content (AvgIpc) is 3.16. The third kappa shape index (κ3) is 3.98. The third-order valence-corrected chi connectivity index (χ3v) is 3.42. The molecule has 0 aromatic heterocycles. The van der Waals surface area contributed by atoms with Crippen molar-refractivity contribution in [1.29, 1.82) is 0 Å². The smallest absolute Gasteiger partial charge is 0.323 e. The molecule has 5 nitrogen and oxygen atoms in total. The topological polar surface area (TPSA) is 69.6 Å². The van der Waals surface area contributed by atoms with Gasteiger partial charge in [0.05, 0.1) is 0 Å². The largest absolute Gasteiger partial charge is 0.480 e. The van der Waals surface area contributed by atoms with Crippen molar-refractivity contribution < 1.29 is 14.7 Å². The van der Waals surface area contributed by atoms with Crippen molar-refractivity contribution in [3.05, 3.63) is 29.3 Å². The zero-order valence-corrected chi connectivity index (χ0v) is 11.8. The van der Waals surface area contributed by atoms with E-state index in [1.54, 1.807) is 0 Å². The Balaban J connectivity index is 2.06. The molecule has 1 aromatic rings. The van der Waals surface area contributed by atoms with E-state index in [-0.39, 0.29) is 12.6 Å². The number of nitrogens with one attached hydrogen (secondary N) is 1. The Morgan fingerprint density at radius 2 is 2.05 bits per heavy atom. The van der Waals surface area contributed by atoms with Gasteiger partial charge in [-0.05, 0) is 49.8 Å².